The van der Waals surface area contributed by atoms with Crippen molar-refractivity contribution >= 4 is 0 Å². The van der Waals surface area contributed by atoms with Gasteiger partial charge in [-0.2, -0.15) is 5.26 Å². The number of ether oxygens (including phenoxy) is 1. The van der Waals surface area contributed by atoms with E-state index >= 15 is 0 Å². The number of hydrogen-bond acceptors (Lipinski definition) is 2. The maximum absolute atomic E-state index is 13.4. The van der Waals surface area contributed by atoms with E-state index in [0.29, 0.717) is 11.3 Å². The van der Waals surface area contributed by atoms with Gasteiger partial charge in [-0.1, -0.05) is 24.3 Å². The normalized spacial score (nSPS) is 20.3. The Hall–Kier alpha value is -2.34. The first-order chi connectivity index (χ1) is 8.64. The molecule has 0 saturated heterocycles. The molecule has 0 aliphatic carbocycles. The molecule has 0 radical (unpaired) electrons. The molecule has 3 heteroatoms. The molecule has 0 aromatic heterocycles. The maximum atomic E-state index is 13.4. The Morgan fingerprint density at radius 3 is 2.72 bits per heavy atom. The molecule has 1 aliphatic rings. The first-order valence-electron chi connectivity index (χ1n) is 5.64. The summed E-state index contributed by atoms with van der Waals surface area (Å²) in [6, 6.07) is 14.1. The summed E-state index contributed by atoms with van der Waals surface area (Å²) >= 11 is 0. The lowest BCUT2D eigenvalue weighted by Gasteiger charge is -2.32. The molecule has 1 aliphatic heterocycles. The van der Waals surface area contributed by atoms with Crippen molar-refractivity contribution in [3.63, 3.8) is 0 Å². The summed E-state index contributed by atoms with van der Waals surface area (Å²) in [5, 5.41) is 9.32. The van der Waals surface area contributed by atoms with Crippen LogP contribution in [-0.4, -0.2) is 0 Å². The van der Waals surface area contributed by atoms with Gasteiger partial charge in [-0.15, -0.1) is 0 Å². The predicted octanol–water partition coefficient (Wildman–Crippen LogP) is 3.62. The van der Waals surface area contributed by atoms with E-state index in [1.807, 2.05) is 24.3 Å². The summed E-state index contributed by atoms with van der Waals surface area (Å²) in [7, 11) is 0. The molecule has 0 N–H and O–H groups in total. The van der Waals surface area contributed by atoms with Crippen LogP contribution in [0.4, 0.5) is 4.39 Å². The summed E-state index contributed by atoms with van der Waals surface area (Å²) in [4.78, 5) is 0. The van der Waals surface area contributed by atoms with Gasteiger partial charge in [0, 0.05) is 11.1 Å². The molecule has 0 fully saturated rings. The monoisotopic (exact) mass is 239 g/mol. The van der Waals surface area contributed by atoms with Crippen LogP contribution in [0.2, 0.25) is 0 Å². The van der Waals surface area contributed by atoms with Gasteiger partial charge in [-0.05, 0) is 30.7 Å². The minimum atomic E-state index is -1.15. The molecule has 18 heavy (non-hydrogen) atoms. The Morgan fingerprint density at radius 2 is 1.94 bits per heavy atom. The fourth-order valence-electron chi connectivity index (χ4n) is 2.28. The van der Waals surface area contributed by atoms with Crippen molar-refractivity contribution in [2.45, 2.75) is 12.5 Å². The molecule has 1 heterocycles. The number of nitrogens with zero attached hydrogens (tertiary/aromatic N) is 1. The van der Waals surface area contributed by atoms with Crippen LogP contribution in [0.15, 0.2) is 42.5 Å². The Kier molecular flexibility index (Phi) is 2.14. The largest absolute Gasteiger partial charge is 0.468 e. The molecule has 2 aromatic carbocycles. The predicted molar refractivity (Wildman–Crippen MR) is 65.4 cm³/mol. The number of nitriles is 1. The first-order valence-corrected chi connectivity index (χ1v) is 5.64. The second-order valence-electron chi connectivity index (χ2n) is 4.43. The van der Waals surface area contributed by atoms with Gasteiger partial charge in [-0.3, -0.25) is 0 Å². The van der Waals surface area contributed by atoms with Gasteiger partial charge in [0.05, 0.1) is 0 Å². The van der Waals surface area contributed by atoms with Gasteiger partial charge in [0.2, 0.25) is 5.60 Å². The molecule has 0 bridgehead atoms. The van der Waals surface area contributed by atoms with Gasteiger partial charge in [-0.25, -0.2) is 4.39 Å². The molecule has 0 spiro atoms. The zero-order valence-corrected chi connectivity index (χ0v) is 9.77. The highest BCUT2D eigenvalue weighted by molar-refractivity contribution is 5.77. The second-order valence-corrected chi connectivity index (χ2v) is 4.43. The standard InChI is InChI=1S/C15H10FNO/c1-15(9-17)13-8-10(16)6-7-11(13)12-4-2-3-5-14(12)18-15/h2-8H,1H3. The third-order valence-corrected chi connectivity index (χ3v) is 3.20. The van der Waals surface area contributed by atoms with Crippen molar-refractivity contribution in [1.82, 2.24) is 0 Å². The van der Waals surface area contributed by atoms with Crippen molar-refractivity contribution in [2.75, 3.05) is 0 Å². The molecular formula is C15H10FNO. The van der Waals surface area contributed by atoms with Crippen molar-refractivity contribution in [3.8, 4) is 22.9 Å². The lowest BCUT2D eigenvalue weighted by Crippen LogP contribution is -2.31. The minimum Gasteiger partial charge on any atom is -0.468 e. The van der Waals surface area contributed by atoms with Gasteiger partial charge in [0.1, 0.15) is 17.6 Å². The van der Waals surface area contributed by atoms with E-state index in [9.17, 15) is 9.65 Å². The van der Waals surface area contributed by atoms with Crippen LogP contribution in [0, 0.1) is 17.1 Å². The van der Waals surface area contributed by atoms with E-state index in [4.69, 9.17) is 4.74 Å². The smallest absolute Gasteiger partial charge is 0.217 e. The van der Waals surface area contributed by atoms with Crippen molar-refractivity contribution < 1.29 is 9.13 Å². The number of para-hydroxylation sites is 1. The molecule has 2 nitrogen and oxygen atoms in total. The molecule has 1 atom stereocenters. The third kappa shape index (κ3) is 1.39. The van der Waals surface area contributed by atoms with Gasteiger partial charge < -0.3 is 4.74 Å². The van der Waals surface area contributed by atoms with E-state index < -0.39 is 5.60 Å². The number of benzene rings is 2. The van der Waals surface area contributed by atoms with E-state index in [1.54, 1.807) is 13.0 Å². The quantitative estimate of drug-likeness (QED) is 0.703. The topological polar surface area (TPSA) is 33.0 Å². The average Bonchev–Trinajstić information content (AvgIpc) is 2.39. The number of fused-ring (bicyclic) bond motifs is 3. The summed E-state index contributed by atoms with van der Waals surface area (Å²) in [6.07, 6.45) is 0. The molecule has 3 rings (SSSR count). The molecule has 1 unspecified atom stereocenters. The Balaban J connectivity index is 2.35. The van der Waals surface area contributed by atoms with Gasteiger partial charge in [0.25, 0.3) is 0 Å². The third-order valence-electron chi connectivity index (χ3n) is 3.20. The van der Waals surface area contributed by atoms with Crippen molar-refractivity contribution in [2.24, 2.45) is 0 Å². The van der Waals surface area contributed by atoms with Crippen LogP contribution in [0.5, 0.6) is 5.75 Å². The molecular weight excluding hydrogens is 229 g/mol. The van der Waals surface area contributed by atoms with Crippen molar-refractivity contribution in [1.29, 1.82) is 5.26 Å². The Labute approximate surface area is 104 Å². The van der Waals surface area contributed by atoms with E-state index in [2.05, 4.69) is 6.07 Å². The highest BCUT2D eigenvalue weighted by Gasteiger charge is 2.37. The summed E-state index contributed by atoms with van der Waals surface area (Å²) in [5.41, 5.74) is 1.16. The van der Waals surface area contributed by atoms with Crippen LogP contribution in [-0.2, 0) is 5.60 Å². The maximum Gasteiger partial charge on any atom is 0.217 e. The van der Waals surface area contributed by atoms with E-state index in [0.717, 1.165) is 11.1 Å². The van der Waals surface area contributed by atoms with Crippen LogP contribution in [0.3, 0.4) is 0 Å². The first kappa shape index (κ1) is 10.8. The van der Waals surface area contributed by atoms with E-state index in [-0.39, 0.29) is 5.82 Å². The van der Waals surface area contributed by atoms with Crippen molar-refractivity contribution in [3.05, 3.63) is 53.8 Å². The second kappa shape index (κ2) is 3.58. The van der Waals surface area contributed by atoms with Crippen LogP contribution in [0.1, 0.15) is 12.5 Å². The fourth-order valence-corrected chi connectivity index (χ4v) is 2.28. The SMILES string of the molecule is CC1(C#N)Oc2ccccc2-c2ccc(F)cc21. The Morgan fingerprint density at radius 1 is 1.17 bits per heavy atom. The highest BCUT2D eigenvalue weighted by Crippen LogP contribution is 2.44. The molecule has 0 saturated carbocycles. The average molecular weight is 239 g/mol. The summed E-state index contributed by atoms with van der Waals surface area (Å²) < 4.78 is 19.1. The van der Waals surface area contributed by atoms with Gasteiger partial charge in [0.15, 0.2) is 0 Å². The van der Waals surface area contributed by atoms with Crippen LogP contribution >= 0.6 is 0 Å². The minimum absolute atomic E-state index is 0.363. The van der Waals surface area contributed by atoms with Gasteiger partial charge >= 0.3 is 0 Å². The number of halogens is 1. The van der Waals surface area contributed by atoms with E-state index in [1.165, 1.54) is 12.1 Å². The molecule has 88 valence electrons. The lowest BCUT2D eigenvalue weighted by atomic mass is 9.86. The molecule has 0 amide bonds. The van der Waals surface area contributed by atoms with Crippen LogP contribution in [0.25, 0.3) is 11.1 Å². The highest BCUT2D eigenvalue weighted by atomic mass is 19.1. The zero-order valence-electron chi connectivity index (χ0n) is 9.77. The van der Waals surface area contributed by atoms with Crippen LogP contribution < -0.4 is 4.74 Å². The Bertz CT molecular complexity index is 674. The molecule has 2 aromatic rings. The number of rotatable bonds is 0. The summed E-state index contributed by atoms with van der Waals surface area (Å²) in [6.45, 7) is 1.65. The lowest BCUT2D eigenvalue weighted by molar-refractivity contribution is 0.145. The number of hydrogen-bond donors (Lipinski definition) is 0. The zero-order chi connectivity index (χ0) is 12.8. The summed E-state index contributed by atoms with van der Waals surface area (Å²) in [5.74, 6) is 0.291. The fraction of sp³-hybridized carbons (Fsp3) is 0.133.